The van der Waals surface area contributed by atoms with Crippen LogP contribution in [0.1, 0.15) is 47.0 Å². The van der Waals surface area contributed by atoms with Crippen LogP contribution in [-0.2, 0) is 0 Å². The van der Waals surface area contributed by atoms with Gasteiger partial charge in [0.2, 0.25) is 0 Å². The Labute approximate surface area is 90.5 Å². The van der Waals surface area contributed by atoms with Gasteiger partial charge in [0.15, 0.2) is 0 Å². The lowest BCUT2D eigenvalue weighted by Gasteiger charge is -2.43. The molecule has 2 heteroatoms. The molecule has 0 unspecified atom stereocenters. The van der Waals surface area contributed by atoms with E-state index in [0.717, 1.165) is 12.0 Å². The van der Waals surface area contributed by atoms with Gasteiger partial charge in [0.1, 0.15) is 0 Å². The van der Waals surface area contributed by atoms with Crippen molar-refractivity contribution >= 4 is 8.07 Å². The van der Waals surface area contributed by atoms with E-state index in [1.165, 1.54) is 6.42 Å². The van der Waals surface area contributed by atoms with Gasteiger partial charge >= 0.3 is 0 Å². The lowest BCUT2D eigenvalue weighted by Crippen LogP contribution is -2.41. The van der Waals surface area contributed by atoms with Crippen molar-refractivity contribution in [3.05, 3.63) is 0 Å². The first kappa shape index (κ1) is 13.7. The lowest BCUT2D eigenvalue weighted by molar-refractivity contribution is 0.549. The van der Waals surface area contributed by atoms with E-state index in [9.17, 15) is 0 Å². The lowest BCUT2D eigenvalue weighted by atomic mass is 10.1. The summed E-state index contributed by atoms with van der Waals surface area (Å²) in [6.45, 7) is 14.4. The van der Waals surface area contributed by atoms with E-state index in [1.807, 2.05) is 0 Å². The van der Waals surface area contributed by atoms with Gasteiger partial charge in [-0.05, 0) is 17.9 Å². The van der Waals surface area contributed by atoms with Gasteiger partial charge in [0.25, 0.3) is 0 Å². The molecule has 1 nitrogen and oxygen atoms in total. The minimum absolute atomic E-state index is 0.456. The quantitative estimate of drug-likeness (QED) is 0.482. The average molecular weight is 211 g/mol. The van der Waals surface area contributed by atoms with Gasteiger partial charge in [-0.2, -0.15) is 5.26 Å². The number of hydrogen-bond donors (Lipinski definition) is 0. The Bertz CT molecular complexity index is 211. The summed E-state index contributed by atoms with van der Waals surface area (Å²) in [4.78, 5) is 0. The van der Waals surface area contributed by atoms with E-state index in [4.69, 9.17) is 5.26 Å². The number of rotatable bonds is 5. The van der Waals surface area contributed by atoms with Gasteiger partial charge in [-0.15, -0.1) is 0 Å². The van der Waals surface area contributed by atoms with E-state index in [-0.39, 0.29) is 0 Å². The predicted octanol–water partition coefficient (Wildman–Crippen LogP) is 4.58. The molecule has 0 aliphatic heterocycles. The summed E-state index contributed by atoms with van der Waals surface area (Å²) in [5, 5.41) is 8.99. The first-order valence-electron chi connectivity index (χ1n) is 5.62. The monoisotopic (exact) mass is 211 g/mol. The van der Waals surface area contributed by atoms with Crippen molar-refractivity contribution in [1.82, 2.24) is 0 Å². The summed E-state index contributed by atoms with van der Waals surface area (Å²) in [6, 6.07) is 2.24. The SMILES string of the molecule is CC(C)[Si](C)(C)C(C)(C)CCCC#N. The maximum Gasteiger partial charge on any atom is 0.0621 e. The molecule has 0 rings (SSSR count). The highest BCUT2D eigenvalue weighted by atomic mass is 28.3. The molecule has 0 atom stereocenters. The van der Waals surface area contributed by atoms with Crippen molar-refractivity contribution in [2.45, 2.75) is 70.6 Å². The molecule has 0 N–H and O–H groups in total. The Hall–Kier alpha value is -0.293. The second kappa shape index (κ2) is 4.98. The molecule has 0 aliphatic carbocycles. The van der Waals surface area contributed by atoms with E-state index in [2.05, 4.69) is 46.9 Å². The molecule has 0 amide bonds. The molecule has 0 bridgehead atoms. The standard InChI is InChI=1S/C12H25NSi/c1-11(2)14(5,6)12(3,4)9-7-8-10-13/h11H,7-9H2,1-6H3. The molecule has 14 heavy (non-hydrogen) atoms. The van der Waals surface area contributed by atoms with Crippen LogP contribution in [0, 0.1) is 11.3 Å². The summed E-state index contributed by atoms with van der Waals surface area (Å²) in [5.74, 6) is 0. The molecule has 0 aromatic rings. The molecule has 0 spiro atoms. The second-order valence-corrected chi connectivity index (χ2v) is 11.7. The fourth-order valence-electron chi connectivity index (χ4n) is 1.71. The van der Waals surface area contributed by atoms with Crippen LogP contribution < -0.4 is 0 Å². The zero-order chi connectivity index (χ0) is 11.4. The summed E-state index contributed by atoms with van der Waals surface area (Å²) < 4.78 is 0. The Kier molecular flexibility index (Phi) is 4.87. The van der Waals surface area contributed by atoms with Crippen LogP contribution in [0.25, 0.3) is 0 Å². The fraction of sp³-hybridized carbons (Fsp3) is 0.917. The fourth-order valence-corrected chi connectivity index (χ4v) is 4.10. The van der Waals surface area contributed by atoms with Crippen molar-refractivity contribution in [3.8, 4) is 6.07 Å². The second-order valence-electron chi connectivity index (χ2n) is 5.77. The van der Waals surface area contributed by atoms with Crippen molar-refractivity contribution < 1.29 is 0 Å². The van der Waals surface area contributed by atoms with Gasteiger partial charge in [0, 0.05) is 6.42 Å². The van der Waals surface area contributed by atoms with Gasteiger partial charge in [-0.25, -0.2) is 0 Å². The molecule has 0 radical (unpaired) electrons. The number of unbranched alkanes of at least 4 members (excludes halogenated alkanes) is 1. The minimum Gasteiger partial charge on any atom is -0.198 e. The molecular formula is C12H25NSi. The van der Waals surface area contributed by atoms with Gasteiger partial charge in [0.05, 0.1) is 14.1 Å². The average Bonchev–Trinajstić information content (AvgIpc) is 2.04. The highest BCUT2D eigenvalue weighted by Gasteiger charge is 2.40. The first-order valence-corrected chi connectivity index (χ1v) is 8.70. The molecule has 0 saturated carbocycles. The van der Waals surface area contributed by atoms with Crippen LogP contribution in [0.3, 0.4) is 0 Å². The normalized spacial score (nSPS) is 13.0. The Morgan fingerprint density at radius 2 is 1.79 bits per heavy atom. The molecular weight excluding hydrogens is 186 g/mol. The van der Waals surface area contributed by atoms with Crippen molar-refractivity contribution in [2.24, 2.45) is 0 Å². The van der Waals surface area contributed by atoms with Crippen LogP contribution in [0.5, 0.6) is 0 Å². The zero-order valence-electron chi connectivity index (χ0n) is 10.6. The van der Waals surface area contributed by atoms with Gasteiger partial charge in [-0.1, -0.05) is 46.3 Å². The van der Waals surface area contributed by atoms with Crippen molar-refractivity contribution in [1.29, 1.82) is 5.26 Å². The van der Waals surface area contributed by atoms with Gasteiger partial charge < -0.3 is 0 Å². The molecule has 82 valence electrons. The third kappa shape index (κ3) is 3.13. The molecule has 0 aromatic carbocycles. The molecule has 0 heterocycles. The smallest absolute Gasteiger partial charge is 0.0621 e. The zero-order valence-corrected chi connectivity index (χ0v) is 11.6. The largest absolute Gasteiger partial charge is 0.198 e. The molecule has 0 fully saturated rings. The number of nitriles is 1. The van der Waals surface area contributed by atoms with Gasteiger partial charge in [-0.3, -0.25) is 0 Å². The third-order valence-corrected chi connectivity index (χ3v) is 10.9. The van der Waals surface area contributed by atoms with Crippen molar-refractivity contribution in [2.75, 3.05) is 0 Å². The Morgan fingerprint density at radius 1 is 1.29 bits per heavy atom. The predicted molar refractivity (Wildman–Crippen MR) is 66.1 cm³/mol. The topological polar surface area (TPSA) is 23.8 Å². The van der Waals surface area contributed by atoms with Crippen LogP contribution in [-0.4, -0.2) is 8.07 Å². The van der Waals surface area contributed by atoms with Crippen LogP contribution in [0.15, 0.2) is 0 Å². The summed E-state index contributed by atoms with van der Waals surface area (Å²) in [7, 11) is -1.17. The summed E-state index contributed by atoms with van der Waals surface area (Å²) >= 11 is 0. The van der Waals surface area contributed by atoms with E-state index in [1.54, 1.807) is 0 Å². The van der Waals surface area contributed by atoms with Crippen LogP contribution in [0.4, 0.5) is 0 Å². The third-order valence-electron chi connectivity index (χ3n) is 4.28. The van der Waals surface area contributed by atoms with E-state index in [0.29, 0.717) is 11.5 Å². The molecule has 0 aromatic heterocycles. The maximum absolute atomic E-state index is 8.54. The first-order chi connectivity index (χ1) is 6.25. The maximum atomic E-state index is 8.54. The summed E-state index contributed by atoms with van der Waals surface area (Å²) in [5.41, 5.74) is 0.819. The van der Waals surface area contributed by atoms with Crippen LogP contribution in [0.2, 0.25) is 23.7 Å². The highest BCUT2D eigenvalue weighted by molar-refractivity contribution is 6.81. The summed E-state index contributed by atoms with van der Waals surface area (Å²) in [6.07, 6.45) is 2.98. The number of nitrogens with zero attached hydrogens (tertiary/aromatic N) is 1. The molecule has 0 aliphatic rings. The minimum atomic E-state index is -1.17. The molecule has 0 saturated heterocycles. The highest BCUT2D eigenvalue weighted by Crippen LogP contribution is 2.47. The van der Waals surface area contributed by atoms with E-state index < -0.39 is 8.07 Å². The van der Waals surface area contributed by atoms with Crippen molar-refractivity contribution in [3.63, 3.8) is 0 Å². The number of hydrogen-bond acceptors (Lipinski definition) is 1. The Morgan fingerprint density at radius 3 is 2.14 bits per heavy atom. The van der Waals surface area contributed by atoms with E-state index >= 15 is 0 Å². The Balaban J connectivity index is 4.37. The van der Waals surface area contributed by atoms with Crippen LogP contribution >= 0.6 is 0 Å².